The molecule has 0 aliphatic carbocycles. The van der Waals surface area contributed by atoms with E-state index >= 15 is 0 Å². The third kappa shape index (κ3) is 7.33. The summed E-state index contributed by atoms with van der Waals surface area (Å²) >= 11 is 0. The summed E-state index contributed by atoms with van der Waals surface area (Å²) in [7, 11) is 1.52. The zero-order chi connectivity index (χ0) is 22.8. The molecule has 2 aromatic rings. The van der Waals surface area contributed by atoms with Gasteiger partial charge in [0, 0.05) is 6.42 Å². The minimum absolute atomic E-state index is 0.0802. The van der Waals surface area contributed by atoms with Crippen molar-refractivity contribution in [3.63, 3.8) is 0 Å². The third-order valence-electron chi connectivity index (χ3n) is 4.71. The van der Waals surface area contributed by atoms with Crippen LogP contribution < -0.4 is 21.1 Å². The van der Waals surface area contributed by atoms with Crippen molar-refractivity contribution in [2.75, 3.05) is 7.11 Å². The van der Waals surface area contributed by atoms with Crippen LogP contribution in [-0.4, -0.2) is 37.1 Å². The van der Waals surface area contributed by atoms with Crippen LogP contribution in [0.3, 0.4) is 0 Å². The van der Waals surface area contributed by atoms with E-state index in [0.717, 1.165) is 11.1 Å². The Morgan fingerprint density at radius 1 is 0.968 bits per heavy atom. The summed E-state index contributed by atoms with van der Waals surface area (Å²) in [6.45, 7) is 3.64. The molecule has 0 unspecified atom stereocenters. The number of primary amides is 1. The Bertz CT molecular complexity index is 886. The van der Waals surface area contributed by atoms with E-state index in [1.165, 1.54) is 7.11 Å². The van der Waals surface area contributed by atoms with Crippen molar-refractivity contribution in [1.29, 1.82) is 0 Å². The Morgan fingerprint density at radius 3 is 2.23 bits per heavy atom. The molecule has 0 saturated carbocycles. The minimum Gasteiger partial charge on any atom is -0.496 e. The van der Waals surface area contributed by atoms with E-state index in [0.29, 0.717) is 5.75 Å². The van der Waals surface area contributed by atoms with Gasteiger partial charge in [-0.05, 0) is 23.1 Å². The van der Waals surface area contributed by atoms with Crippen molar-refractivity contribution < 1.29 is 23.9 Å². The van der Waals surface area contributed by atoms with Gasteiger partial charge in [0.15, 0.2) is 0 Å². The Labute approximate surface area is 182 Å². The Hall–Kier alpha value is -3.55. The van der Waals surface area contributed by atoms with E-state index < -0.39 is 30.0 Å². The lowest BCUT2D eigenvalue weighted by Gasteiger charge is -2.24. The van der Waals surface area contributed by atoms with Gasteiger partial charge in [-0.3, -0.25) is 9.59 Å². The van der Waals surface area contributed by atoms with E-state index in [9.17, 15) is 14.4 Å². The molecule has 2 atom stereocenters. The molecule has 166 valence electrons. The third-order valence-corrected chi connectivity index (χ3v) is 4.71. The van der Waals surface area contributed by atoms with E-state index in [4.69, 9.17) is 15.2 Å². The number of nitrogens with two attached hydrogens (primary N) is 1. The van der Waals surface area contributed by atoms with Crippen LogP contribution in [0.25, 0.3) is 0 Å². The number of para-hydroxylation sites is 1. The van der Waals surface area contributed by atoms with Crippen molar-refractivity contribution >= 4 is 17.9 Å². The quantitative estimate of drug-likeness (QED) is 0.537. The van der Waals surface area contributed by atoms with Gasteiger partial charge in [0.05, 0.1) is 7.11 Å². The summed E-state index contributed by atoms with van der Waals surface area (Å²) in [4.78, 5) is 37.0. The molecule has 0 aliphatic rings. The van der Waals surface area contributed by atoms with Crippen LogP contribution in [0.5, 0.6) is 5.75 Å². The maximum Gasteiger partial charge on any atom is 0.408 e. The number of benzene rings is 2. The van der Waals surface area contributed by atoms with Gasteiger partial charge < -0.3 is 25.8 Å². The highest BCUT2D eigenvalue weighted by molar-refractivity contribution is 5.91. The molecule has 8 nitrogen and oxygen atoms in total. The largest absolute Gasteiger partial charge is 0.496 e. The smallest absolute Gasteiger partial charge is 0.408 e. The lowest BCUT2D eigenvalue weighted by Crippen LogP contribution is -2.55. The first-order valence-electron chi connectivity index (χ1n) is 10.0. The van der Waals surface area contributed by atoms with Crippen LogP contribution in [0.1, 0.15) is 25.0 Å². The first kappa shape index (κ1) is 23.7. The van der Waals surface area contributed by atoms with Crippen molar-refractivity contribution in [2.24, 2.45) is 11.7 Å². The summed E-state index contributed by atoms with van der Waals surface area (Å²) < 4.78 is 10.5. The van der Waals surface area contributed by atoms with Gasteiger partial charge in [0.25, 0.3) is 0 Å². The van der Waals surface area contributed by atoms with E-state index in [1.807, 2.05) is 30.3 Å². The molecule has 2 rings (SSSR count). The van der Waals surface area contributed by atoms with Gasteiger partial charge in [-0.25, -0.2) is 4.79 Å². The summed E-state index contributed by atoms with van der Waals surface area (Å²) in [5, 5.41) is 5.20. The van der Waals surface area contributed by atoms with Gasteiger partial charge in [0.2, 0.25) is 11.8 Å². The van der Waals surface area contributed by atoms with E-state index in [2.05, 4.69) is 10.6 Å². The average Bonchev–Trinajstić information content (AvgIpc) is 2.76. The zero-order valence-electron chi connectivity index (χ0n) is 18.0. The monoisotopic (exact) mass is 427 g/mol. The molecule has 8 heteroatoms. The molecular formula is C23H29N3O5. The maximum absolute atomic E-state index is 12.8. The van der Waals surface area contributed by atoms with E-state index in [1.54, 1.807) is 38.1 Å². The van der Waals surface area contributed by atoms with Crippen molar-refractivity contribution in [3.8, 4) is 5.75 Å². The van der Waals surface area contributed by atoms with Crippen LogP contribution in [0.4, 0.5) is 4.79 Å². The molecule has 0 aliphatic heterocycles. The number of methoxy groups -OCH3 is 1. The summed E-state index contributed by atoms with van der Waals surface area (Å²) in [6.07, 6.45) is -0.563. The molecule has 0 saturated heterocycles. The number of hydrogen-bond donors (Lipinski definition) is 3. The first-order valence-corrected chi connectivity index (χ1v) is 10.0. The predicted octanol–water partition coefficient (Wildman–Crippen LogP) is 2.16. The number of nitrogens with one attached hydrogen (secondary N) is 2. The van der Waals surface area contributed by atoms with Crippen molar-refractivity contribution in [3.05, 3.63) is 65.7 Å². The molecule has 0 bridgehead atoms. The molecule has 0 radical (unpaired) electrons. The van der Waals surface area contributed by atoms with Gasteiger partial charge in [0.1, 0.15) is 24.4 Å². The summed E-state index contributed by atoms with van der Waals surface area (Å²) in [6, 6.07) is 14.5. The molecule has 31 heavy (non-hydrogen) atoms. The van der Waals surface area contributed by atoms with Crippen LogP contribution in [0, 0.1) is 5.92 Å². The molecule has 2 aromatic carbocycles. The number of rotatable bonds is 10. The number of carbonyl (C=O) groups is 3. The highest BCUT2D eigenvalue weighted by Gasteiger charge is 2.29. The Kier molecular flexibility index (Phi) is 8.87. The summed E-state index contributed by atoms with van der Waals surface area (Å²) in [5.74, 6) is -0.867. The fraction of sp³-hybridized carbons (Fsp3) is 0.348. The van der Waals surface area contributed by atoms with Gasteiger partial charge in [-0.2, -0.15) is 0 Å². The van der Waals surface area contributed by atoms with E-state index in [-0.39, 0.29) is 18.9 Å². The highest BCUT2D eigenvalue weighted by atomic mass is 16.5. The highest BCUT2D eigenvalue weighted by Crippen LogP contribution is 2.19. The molecule has 3 amide bonds. The SMILES string of the molecule is COc1ccccc1C[C@H](NC(=O)[C@H](NC(=O)OCc1ccccc1)C(C)C)C(N)=O. The normalized spacial score (nSPS) is 12.5. The number of alkyl carbamates (subject to hydrolysis) is 1. The molecule has 4 N–H and O–H groups in total. The van der Waals surface area contributed by atoms with Gasteiger partial charge in [-0.1, -0.05) is 62.4 Å². The van der Waals surface area contributed by atoms with Gasteiger partial charge in [-0.15, -0.1) is 0 Å². The van der Waals surface area contributed by atoms with Crippen molar-refractivity contribution in [2.45, 2.75) is 39.0 Å². The van der Waals surface area contributed by atoms with Crippen LogP contribution in [0.2, 0.25) is 0 Å². The second-order valence-corrected chi connectivity index (χ2v) is 7.41. The Morgan fingerprint density at radius 2 is 1.61 bits per heavy atom. The van der Waals surface area contributed by atoms with Crippen LogP contribution in [-0.2, 0) is 27.4 Å². The zero-order valence-corrected chi connectivity index (χ0v) is 18.0. The number of ether oxygens (including phenoxy) is 2. The maximum atomic E-state index is 12.8. The molecule has 0 aromatic heterocycles. The number of amides is 3. The lowest BCUT2D eigenvalue weighted by molar-refractivity contribution is -0.129. The predicted molar refractivity (Wildman–Crippen MR) is 116 cm³/mol. The molecule has 0 spiro atoms. The van der Waals surface area contributed by atoms with Crippen molar-refractivity contribution in [1.82, 2.24) is 10.6 Å². The first-order chi connectivity index (χ1) is 14.8. The second kappa shape index (κ2) is 11.6. The van der Waals surface area contributed by atoms with Crippen LogP contribution in [0.15, 0.2) is 54.6 Å². The summed E-state index contributed by atoms with van der Waals surface area (Å²) in [5.41, 5.74) is 7.06. The standard InChI is InChI=1S/C23H29N3O5/c1-15(2)20(26-23(29)31-14-16-9-5-4-6-10-16)22(28)25-18(21(24)27)13-17-11-7-8-12-19(17)30-3/h4-12,15,18,20H,13-14H2,1-3H3,(H2,24,27)(H,25,28)(H,26,29)/t18-,20+/m0/s1. The Balaban J connectivity index is 2.01. The van der Waals surface area contributed by atoms with Crippen LogP contribution >= 0.6 is 0 Å². The minimum atomic E-state index is -0.966. The fourth-order valence-corrected chi connectivity index (χ4v) is 3.00. The molecule has 0 heterocycles. The molecular weight excluding hydrogens is 398 g/mol. The topological polar surface area (TPSA) is 120 Å². The lowest BCUT2D eigenvalue weighted by atomic mass is 10.0. The average molecular weight is 428 g/mol. The number of carbonyl (C=O) groups excluding carboxylic acids is 3. The van der Waals surface area contributed by atoms with Gasteiger partial charge >= 0.3 is 6.09 Å². The second-order valence-electron chi connectivity index (χ2n) is 7.41. The fourth-order valence-electron chi connectivity index (χ4n) is 3.00. The number of hydrogen-bond acceptors (Lipinski definition) is 5. The molecule has 0 fully saturated rings.